The first-order chi connectivity index (χ1) is 9.27. The Hall–Kier alpha value is -1.65. The Morgan fingerprint density at radius 2 is 1.89 bits per heavy atom. The lowest BCUT2D eigenvalue weighted by Crippen LogP contribution is -2.07. The van der Waals surface area contributed by atoms with Crippen molar-refractivity contribution in [2.24, 2.45) is 0 Å². The van der Waals surface area contributed by atoms with E-state index in [1.807, 2.05) is 0 Å². The first kappa shape index (κ1) is 15.4. The van der Waals surface area contributed by atoms with Crippen LogP contribution in [0.1, 0.15) is 55.9 Å². The lowest BCUT2D eigenvalue weighted by atomic mass is 10.1. The third-order valence-corrected chi connectivity index (χ3v) is 2.75. The molecule has 0 fully saturated rings. The second-order valence-electron chi connectivity index (χ2n) is 4.35. The molecule has 0 saturated heterocycles. The van der Waals surface area contributed by atoms with Crippen molar-refractivity contribution in [2.75, 3.05) is 13.7 Å². The monoisotopic (exact) mass is 266 g/mol. The van der Waals surface area contributed by atoms with E-state index in [1.165, 1.54) is 45.2 Å². The molecule has 0 aliphatic heterocycles. The van der Waals surface area contributed by atoms with E-state index in [0.717, 1.165) is 12.8 Å². The topological polar surface area (TPSA) is 61.3 Å². The lowest BCUT2D eigenvalue weighted by molar-refractivity contribution is 0.0592. The van der Waals surface area contributed by atoms with Gasteiger partial charge in [-0.15, -0.1) is 0 Å². The molecule has 0 unspecified atom stereocenters. The highest BCUT2D eigenvalue weighted by Gasteiger charge is 2.08. The molecule has 1 heterocycles. The van der Waals surface area contributed by atoms with Gasteiger partial charge in [-0.25, -0.2) is 9.78 Å². The predicted octanol–water partition coefficient (Wildman–Crippen LogP) is 3.00. The summed E-state index contributed by atoms with van der Waals surface area (Å²) in [5, 5.41) is 0. The highest BCUT2D eigenvalue weighted by atomic mass is 16.5. The van der Waals surface area contributed by atoms with Crippen molar-refractivity contribution >= 4 is 5.97 Å². The second kappa shape index (κ2) is 9.30. The van der Waals surface area contributed by atoms with Crippen LogP contribution in [0.5, 0.6) is 5.88 Å². The van der Waals surface area contributed by atoms with Crippen LogP contribution >= 0.6 is 0 Å². The molecular formula is C14H22N2O3. The second-order valence-corrected chi connectivity index (χ2v) is 4.35. The normalized spacial score (nSPS) is 10.2. The van der Waals surface area contributed by atoms with Gasteiger partial charge in [0.05, 0.1) is 26.1 Å². The molecule has 0 amide bonds. The fourth-order valence-electron chi connectivity index (χ4n) is 1.68. The predicted molar refractivity (Wildman–Crippen MR) is 72.2 cm³/mol. The zero-order valence-electron chi connectivity index (χ0n) is 11.7. The summed E-state index contributed by atoms with van der Waals surface area (Å²) in [6.07, 6.45) is 10.1. The molecule has 1 rings (SSSR count). The average Bonchev–Trinajstić information content (AvgIpc) is 2.46. The van der Waals surface area contributed by atoms with Crippen molar-refractivity contribution in [3.05, 3.63) is 18.1 Å². The quantitative estimate of drug-likeness (QED) is 0.508. The zero-order valence-corrected chi connectivity index (χ0v) is 11.7. The van der Waals surface area contributed by atoms with E-state index in [-0.39, 0.29) is 5.69 Å². The molecule has 0 N–H and O–H groups in total. The molecule has 0 atom stereocenters. The molecule has 0 radical (unpaired) electrons. The zero-order chi connectivity index (χ0) is 13.9. The Labute approximate surface area is 114 Å². The number of carbonyl (C=O) groups excluding carboxylic acids is 1. The fraction of sp³-hybridized carbons (Fsp3) is 0.643. The molecule has 0 saturated carbocycles. The van der Waals surface area contributed by atoms with Gasteiger partial charge in [-0.05, 0) is 6.42 Å². The van der Waals surface area contributed by atoms with Gasteiger partial charge in [0.25, 0.3) is 0 Å². The third kappa shape index (κ3) is 6.18. The van der Waals surface area contributed by atoms with E-state index in [2.05, 4.69) is 21.6 Å². The Kier molecular flexibility index (Phi) is 7.54. The summed E-state index contributed by atoms with van der Waals surface area (Å²) in [7, 11) is 1.31. The number of nitrogens with zero attached hydrogens (tertiary/aromatic N) is 2. The van der Waals surface area contributed by atoms with Crippen LogP contribution in [0.3, 0.4) is 0 Å². The first-order valence-electron chi connectivity index (χ1n) is 6.81. The van der Waals surface area contributed by atoms with Crippen LogP contribution in [0.2, 0.25) is 0 Å². The van der Waals surface area contributed by atoms with E-state index < -0.39 is 5.97 Å². The number of hydrogen-bond donors (Lipinski definition) is 0. The van der Waals surface area contributed by atoms with Crippen LogP contribution in [0.25, 0.3) is 0 Å². The Bertz CT molecular complexity index is 383. The van der Waals surface area contributed by atoms with E-state index in [9.17, 15) is 4.79 Å². The lowest BCUT2D eigenvalue weighted by Gasteiger charge is -2.05. The minimum Gasteiger partial charge on any atom is -0.477 e. The molecule has 5 heteroatoms. The van der Waals surface area contributed by atoms with Crippen molar-refractivity contribution in [2.45, 2.75) is 45.4 Å². The van der Waals surface area contributed by atoms with Crippen LogP contribution < -0.4 is 4.74 Å². The number of methoxy groups -OCH3 is 1. The summed E-state index contributed by atoms with van der Waals surface area (Å²) in [5.41, 5.74) is 0.169. The molecule has 5 nitrogen and oxygen atoms in total. The minimum atomic E-state index is -0.502. The minimum absolute atomic E-state index is 0.169. The third-order valence-electron chi connectivity index (χ3n) is 2.75. The SMILES string of the molecule is CCCCCCCCOc1cncc(C(=O)OC)n1. The van der Waals surface area contributed by atoms with Gasteiger partial charge < -0.3 is 9.47 Å². The molecule has 0 bridgehead atoms. The average molecular weight is 266 g/mol. The van der Waals surface area contributed by atoms with Gasteiger partial charge in [0, 0.05) is 0 Å². The van der Waals surface area contributed by atoms with Crippen LogP contribution in [0, 0.1) is 0 Å². The maximum atomic E-state index is 11.3. The van der Waals surface area contributed by atoms with Crippen LogP contribution in [0.4, 0.5) is 0 Å². The van der Waals surface area contributed by atoms with Crippen LogP contribution in [-0.2, 0) is 4.74 Å². The Morgan fingerprint density at radius 3 is 2.63 bits per heavy atom. The number of rotatable bonds is 9. The van der Waals surface area contributed by atoms with Crippen molar-refractivity contribution in [3.63, 3.8) is 0 Å². The van der Waals surface area contributed by atoms with Crippen LogP contribution in [-0.4, -0.2) is 29.7 Å². The fourth-order valence-corrected chi connectivity index (χ4v) is 1.68. The highest BCUT2D eigenvalue weighted by Crippen LogP contribution is 2.09. The van der Waals surface area contributed by atoms with Crippen LogP contribution in [0.15, 0.2) is 12.4 Å². The maximum Gasteiger partial charge on any atom is 0.358 e. The summed E-state index contributed by atoms with van der Waals surface area (Å²) < 4.78 is 10.0. The number of esters is 1. The molecule has 1 aromatic rings. The smallest absolute Gasteiger partial charge is 0.358 e. The van der Waals surface area contributed by atoms with E-state index in [4.69, 9.17) is 4.74 Å². The van der Waals surface area contributed by atoms with Crippen molar-refractivity contribution in [1.29, 1.82) is 0 Å². The summed E-state index contributed by atoms with van der Waals surface area (Å²) in [6.45, 7) is 2.81. The van der Waals surface area contributed by atoms with Gasteiger partial charge in [-0.1, -0.05) is 39.0 Å². The van der Waals surface area contributed by atoms with Crippen molar-refractivity contribution < 1.29 is 14.3 Å². The van der Waals surface area contributed by atoms with Gasteiger partial charge in [0.1, 0.15) is 0 Å². The number of aromatic nitrogens is 2. The maximum absolute atomic E-state index is 11.3. The summed E-state index contributed by atoms with van der Waals surface area (Å²) >= 11 is 0. The van der Waals surface area contributed by atoms with E-state index in [0.29, 0.717) is 12.5 Å². The number of hydrogen-bond acceptors (Lipinski definition) is 5. The highest BCUT2D eigenvalue weighted by molar-refractivity contribution is 5.86. The molecule has 0 aromatic carbocycles. The van der Waals surface area contributed by atoms with Crippen molar-refractivity contribution in [3.8, 4) is 5.88 Å². The Balaban J connectivity index is 2.24. The van der Waals surface area contributed by atoms with E-state index >= 15 is 0 Å². The molecule has 1 aromatic heterocycles. The summed E-state index contributed by atoms with van der Waals surface area (Å²) in [5.74, 6) is -0.131. The summed E-state index contributed by atoms with van der Waals surface area (Å²) in [6, 6.07) is 0. The summed E-state index contributed by atoms with van der Waals surface area (Å²) in [4.78, 5) is 19.2. The molecular weight excluding hydrogens is 244 g/mol. The molecule has 0 aliphatic carbocycles. The van der Waals surface area contributed by atoms with Gasteiger partial charge in [0.15, 0.2) is 5.69 Å². The molecule has 19 heavy (non-hydrogen) atoms. The van der Waals surface area contributed by atoms with Gasteiger partial charge in [-0.2, -0.15) is 0 Å². The largest absolute Gasteiger partial charge is 0.477 e. The number of ether oxygens (including phenoxy) is 2. The number of carbonyl (C=O) groups is 1. The molecule has 0 aliphatic rings. The van der Waals surface area contributed by atoms with E-state index in [1.54, 1.807) is 0 Å². The van der Waals surface area contributed by atoms with Gasteiger partial charge in [0.2, 0.25) is 5.88 Å². The molecule has 0 spiro atoms. The Morgan fingerprint density at radius 1 is 1.16 bits per heavy atom. The number of unbranched alkanes of at least 4 members (excludes halogenated alkanes) is 5. The standard InChI is InChI=1S/C14H22N2O3/c1-3-4-5-6-7-8-9-19-13-11-15-10-12(16-13)14(17)18-2/h10-11H,3-9H2,1-2H3. The van der Waals surface area contributed by atoms with Gasteiger partial charge in [-0.3, -0.25) is 4.98 Å². The van der Waals surface area contributed by atoms with Crippen molar-refractivity contribution in [1.82, 2.24) is 9.97 Å². The molecule has 106 valence electrons. The van der Waals surface area contributed by atoms with Gasteiger partial charge >= 0.3 is 5.97 Å². The first-order valence-corrected chi connectivity index (χ1v) is 6.81.